The molecule has 2 atom stereocenters. The molecule has 0 saturated carbocycles. The lowest BCUT2D eigenvalue weighted by atomic mass is 10.0. The van der Waals surface area contributed by atoms with Gasteiger partial charge in [-0.3, -0.25) is 4.98 Å². The number of nitrogens with zero attached hydrogens (tertiary/aromatic N) is 4. The zero-order valence-electron chi connectivity index (χ0n) is 13.4. The van der Waals surface area contributed by atoms with Gasteiger partial charge in [-0.2, -0.15) is 0 Å². The van der Waals surface area contributed by atoms with E-state index in [1.54, 1.807) is 13.3 Å². The number of pyridine rings is 1. The number of fused-ring (bicyclic) bond motifs is 3. The van der Waals surface area contributed by atoms with Gasteiger partial charge in [0.2, 0.25) is 0 Å². The maximum absolute atomic E-state index is 6.03. The molecule has 0 amide bonds. The predicted octanol–water partition coefficient (Wildman–Crippen LogP) is 3.30. The van der Waals surface area contributed by atoms with Crippen LogP contribution in [0, 0.1) is 6.92 Å². The zero-order valence-corrected chi connectivity index (χ0v) is 13.4. The summed E-state index contributed by atoms with van der Waals surface area (Å²) in [6.45, 7) is 2.73. The summed E-state index contributed by atoms with van der Waals surface area (Å²) in [6.07, 6.45) is 8.69. The van der Waals surface area contributed by atoms with Crippen molar-refractivity contribution >= 4 is 28.3 Å². The maximum Gasteiger partial charge on any atom is 0.178 e. The zero-order chi connectivity index (χ0) is 15.8. The molecule has 0 N–H and O–H groups in total. The third-order valence-corrected chi connectivity index (χ3v) is 4.56. The van der Waals surface area contributed by atoms with Crippen LogP contribution in [-0.2, 0) is 4.74 Å². The van der Waals surface area contributed by atoms with Crippen LogP contribution in [0.25, 0.3) is 22.1 Å². The molecule has 120 valence electrons. The number of furan rings is 1. The van der Waals surface area contributed by atoms with E-state index in [0.29, 0.717) is 6.61 Å². The Balaban J connectivity index is 1.69. The lowest BCUT2D eigenvalue weighted by Gasteiger charge is -2.30. The van der Waals surface area contributed by atoms with Crippen molar-refractivity contribution in [2.45, 2.75) is 38.3 Å². The number of rotatable bonds is 3. The summed E-state index contributed by atoms with van der Waals surface area (Å²) in [7, 11) is 1.80. The van der Waals surface area contributed by atoms with Gasteiger partial charge in [0.25, 0.3) is 0 Å². The van der Waals surface area contributed by atoms with Gasteiger partial charge in [-0.15, -0.1) is 0 Å². The summed E-state index contributed by atoms with van der Waals surface area (Å²) in [4.78, 5) is 13.1. The van der Waals surface area contributed by atoms with Gasteiger partial charge in [-0.25, -0.2) is 4.98 Å². The second kappa shape index (κ2) is 5.77. The first-order valence-electron chi connectivity index (χ1n) is 8.01. The molecule has 1 saturated heterocycles. The van der Waals surface area contributed by atoms with Crippen molar-refractivity contribution in [2.75, 3.05) is 13.7 Å². The number of aryl methyl sites for hydroxylation is 1. The van der Waals surface area contributed by atoms with Crippen molar-refractivity contribution < 1.29 is 9.15 Å². The fourth-order valence-corrected chi connectivity index (χ4v) is 3.45. The molecule has 0 bridgehead atoms. The van der Waals surface area contributed by atoms with E-state index in [2.05, 4.69) is 19.5 Å². The summed E-state index contributed by atoms with van der Waals surface area (Å²) in [5, 5.41) is 0. The molecule has 6 heteroatoms. The SMILES string of the molecule is C/N=C/C[C@H]1CC[C@H](n2c(C)nc3cnc4ccoc4c32)CO1. The van der Waals surface area contributed by atoms with Crippen LogP contribution in [0.2, 0.25) is 0 Å². The Hall–Kier alpha value is -2.21. The van der Waals surface area contributed by atoms with Gasteiger partial charge >= 0.3 is 0 Å². The van der Waals surface area contributed by atoms with E-state index >= 15 is 0 Å². The van der Waals surface area contributed by atoms with Crippen LogP contribution in [-0.4, -0.2) is 40.5 Å². The molecule has 0 aromatic carbocycles. The molecule has 23 heavy (non-hydrogen) atoms. The first-order valence-corrected chi connectivity index (χ1v) is 8.01. The van der Waals surface area contributed by atoms with Crippen molar-refractivity contribution in [1.29, 1.82) is 0 Å². The van der Waals surface area contributed by atoms with Crippen molar-refractivity contribution in [1.82, 2.24) is 14.5 Å². The Labute approximate surface area is 134 Å². The molecule has 1 aliphatic heterocycles. The van der Waals surface area contributed by atoms with Gasteiger partial charge in [0, 0.05) is 25.7 Å². The Kier molecular flexibility index (Phi) is 3.61. The third-order valence-electron chi connectivity index (χ3n) is 4.56. The molecule has 0 radical (unpaired) electrons. The predicted molar refractivity (Wildman–Crippen MR) is 89.1 cm³/mol. The molecule has 0 aliphatic carbocycles. The van der Waals surface area contributed by atoms with Gasteiger partial charge < -0.3 is 18.7 Å². The molecule has 0 spiro atoms. The van der Waals surface area contributed by atoms with Crippen molar-refractivity contribution in [3.63, 3.8) is 0 Å². The lowest BCUT2D eigenvalue weighted by molar-refractivity contribution is -0.00613. The van der Waals surface area contributed by atoms with E-state index in [4.69, 9.17) is 9.15 Å². The minimum Gasteiger partial charge on any atom is -0.460 e. The molecule has 0 unspecified atom stereocenters. The smallest absolute Gasteiger partial charge is 0.178 e. The van der Waals surface area contributed by atoms with E-state index in [1.165, 1.54) is 0 Å². The van der Waals surface area contributed by atoms with Crippen molar-refractivity contribution in [2.24, 2.45) is 4.99 Å². The minimum absolute atomic E-state index is 0.273. The summed E-state index contributed by atoms with van der Waals surface area (Å²) < 4.78 is 14.0. The fourth-order valence-electron chi connectivity index (χ4n) is 3.45. The minimum atomic E-state index is 0.273. The Morgan fingerprint density at radius 2 is 2.30 bits per heavy atom. The van der Waals surface area contributed by atoms with Crippen LogP contribution >= 0.6 is 0 Å². The average Bonchev–Trinajstić information content (AvgIpc) is 3.16. The molecule has 4 heterocycles. The van der Waals surface area contributed by atoms with Gasteiger partial charge in [-0.1, -0.05) is 0 Å². The molecule has 4 rings (SSSR count). The summed E-state index contributed by atoms with van der Waals surface area (Å²) in [6, 6.07) is 2.17. The van der Waals surface area contributed by atoms with Crippen LogP contribution in [0.1, 0.15) is 31.1 Å². The van der Waals surface area contributed by atoms with E-state index in [9.17, 15) is 0 Å². The monoisotopic (exact) mass is 312 g/mol. The number of hydrogen-bond donors (Lipinski definition) is 0. The highest BCUT2D eigenvalue weighted by atomic mass is 16.5. The number of ether oxygens (including phenoxy) is 1. The van der Waals surface area contributed by atoms with Gasteiger partial charge in [0.05, 0.1) is 31.2 Å². The molecule has 3 aromatic rings. The first-order chi connectivity index (χ1) is 11.3. The maximum atomic E-state index is 6.03. The van der Waals surface area contributed by atoms with Crippen molar-refractivity contribution in [3.05, 3.63) is 24.4 Å². The summed E-state index contributed by atoms with van der Waals surface area (Å²) in [5.74, 6) is 0.980. The fraction of sp³-hybridized carbons (Fsp3) is 0.471. The third kappa shape index (κ3) is 2.43. The van der Waals surface area contributed by atoms with Crippen LogP contribution in [0.4, 0.5) is 0 Å². The highest BCUT2D eigenvalue weighted by molar-refractivity contribution is 5.98. The lowest BCUT2D eigenvalue weighted by Crippen LogP contribution is -2.28. The first kappa shape index (κ1) is 14.4. The van der Waals surface area contributed by atoms with Crippen LogP contribution in [0.15, 0.2) is 27.9 Å². The number of imidazole rings is 1. The summed E-state index contributed by atoms with van der Waals surface area (Å²) >= 11 is 0. The van der Waals surface area contributed by atoms with E-state index in [1.807, 2.05) is 25.4 Å². The number of aromatic nitrogens is 3. The quantitative estimate of drug-likeness (QED) is 0.696. The molecule has 3 aromatic heterocycles. The van der Waals surface area contributed by atoms with Crippen LogP contribution in [0.3, 0.4) is 0 Å². The molecular weight excluding hydrogens is 292 g/mol. The van der Waals surface area contributed by atoms with Crippen LogP contribution < -0.4 is 0 Å². The summed E-state index contributed by atoms with van der Waals surface area (Å²) in [5.41, 5.74) is 3.58. The van der Waals surface area contributed by atoms with E-state index in [-0.39, 0.29) is 12.1 Å². The Morgan fingerprint density at radius 3 is 3.09 bits per heavy atom. The Bertz CT molecular complexity index is 856. The normalized spacial score (nSPS) is 22.5. The molecule has 1 fully saturated rings. The van der Waals surface area contributed by atoms with E-state index < -0.39 is 0 Å². The second-order valence-electron chi connectivity index (χ2n) is 6.02. The van der Waals surface area contributed by atoms with E-state index in [0.717, 1.165) is 47.2 Å². The van der Waals surface area contributed by atoms with Gasteiger partial charge in [0.1, 0.15) is 22.4 Å². The van der Waals surface area contributed by atoms with Crippen molar-refractivity contribution in [3.8, 4) is 0 Å². The standard InChI is InChI=1S/C17H20N4O2/c1-11-20-15-9-19-14-6-8-22-17(14)16(15)21(11)12-3-4-13(23-10-12)5-7-18-2/h6-9,12-13H,3-5,10H2,1-2H3/b18-7+/t12-,13+/m0/s1. The largest absolute Gasteiger partial charge is 0.460 e. The van der Waals surface area contributed by atoms with Gasteiger partial charge in [-0.05, 0) is 19.8 Å². The van der Waals surface area contributed by atoms with Crippen LogP contribution in [0.5, 0.6) is 0 Å². The highest BCUT2D eigenvalue weighted by Gasteiger charge is 2.26. The molecular formula is C17H20N4O2. The molecule has 6 nitrogen and oxygen atoms in total. The topological polar surface area (TPSA) is 65.4 Å². The Morgan fingerprint density at radius 1 is 1.39 bits per heavy atom. The molecule has 1 aliphatic rings. The number of aliphatic imine (C=N–C) groups is 1. The average molecular weight is 312 g/mol. The van der Waals surface area contributed by atoms with Gasteiger partial charge in [0.15, 0.2) is 5.58 Å². The number of hydrogen-bond acceptors (Lipinski definition) is 5. The second-order valence-corrected chi connectivity index (χ2v) is 6.02. The highest BCUT2D eigenvalue weighted by Crippen LogP contribution is 2.32.